The molecule has 0 aromatic heterocycles. The Balaban J connectivity index is 1.98. The maximum absolute atomic E-state index is 12.3. The fourth-order valence-electron chi connectivity index (χ4n) is 2.52. The quantitative estimate of drug-likeness (QED) is 0.811. The van der Waals surface area contributed by atoms with Crippen molar-refractivity contribution >= 4 is 11.9 Å². The van der Waals surface area contributed by atoms with Crippen molar-refractivity contribution in [3.05, 3.63) is 35.4 Å². The second-order valence-electron chi connectivity index (χ2n) is 5.87. The lowest BCUT2D eigenvalue weighted by atomic mass is 9.97. The van der Waals surface area contributed by atoms with Gasteiger partial charge in [-0.2, -0.15) is 0 Å². The third-order valence-corrected chi connectivity index (χ3v) is 4.19. The Kier molecular flexibility index (Phi) is 4.99. The van der Waals surface area contributed by atoms with Gasteiger partial charge in [0.05, 0.1) is 12.3 Å². The zero-order valence-corrected chi connectivity index (χ0v) is 12.6. The molecule has 0 spiro atoms. The number of aryl methyl sites for hydroxylation is 1. The molecule has 4 nitrogen and oxygen atoms in total. The van der Waals surface area contributed by atoms with Crippen molar-refractivity contribution in [3.8, 4) is 0 Å². The van der Waals surface area contributed by atoms with Crippen LogP contribution in [-0.4, -0.2) is 23.0 Å². The number of carbonyl (C=O) groups is 2. The fourth-order valence-corrected chi connectivity index (χ4v) is 2.52. The zero-order chi connectivity index (χ0) is 15.4. The van der Waals surface area contributed by atoms with Crippen LogP contribution in [0.1, 0.15) is 50.2 Å². The molecule has 1 amide bonds. The Hall–Kier alpha value is -1.84. The highest BCUT2D eigenvalue weighted by atomic mass is 16.4. The van der Waals surface area contributed by atoms with Crippen LogP contribution in [0.3, 0.4) is 0 Å². The maximum Gasteiger partial charge on any atom is 0.305 e. The molecule has 4 heteroatoms. The summed E-state index contributed by atoms with van der Waals surface area (Å²) < 4.78 is 0. The minimum absolute atomic E-state index is 0.0118. The number of aliphatic carboxylic acids is 1. The lowest BCUT2D eigenvalue weighted by Gasteiger charge is -2.19. The highest BCUT2D eigenvalue weighted by molar-refractivity contribution is 5.84. The van der Waals surface area contributed by atoms with E-state index >= 15 is 0 Å². The molecule has 0 saturated heterocycles. The summed E-state index contributed by atoms with van der Waals surface area (Å²) in [5, 5.41) is 11.9. The summed E-state index contributed by atoms with van der Waals surface area (Å²) in [6.07, 6.45) is 3.01. The molecule has 1 aliphatic rings. The smallest absolute Gasteiger partial charge is 0.305 e. The van der Waals surface area contributed by atoms with E-state index in [9.17, 15) is 9.59 Å². The van der Waals surface area contributed by atoms with Gasteiger partial charge in [-0.3, -0.25) is 9.59 Å². The standard InChI is InChI=1S/C17H23NO3/c1-3-12-4-6-13(7-5-12)11(2)17(21)18-15(10-16(19)20)14-8-9-14/h4-7,11,14-15H,3,8-10H2,1-2H3,(H,18,21)(H,19,20). The van der Waals surface area contributed by atoms with E-state index in [4.69, 9.17) is 5.11 Å². The van der Waals surface area contributed by atoms with E-state index in [0.717, 1.165) is 24.8 Å². The van der Waals surface area contributed by atoms with Gasteiger partial charge in [0.1, 0.15) is 0 Å². The van der Waals surface area contributed by atoms with Crippen LogP contribution >= 0.6 is 0 Å². The molecular formula is C17H23NO3. The van der Waals surface area contributed by atoms with E-state index in [-0.39, 0.29) is 24.3 Å². The number of carbonyl (C=O) groups excluding carboxylic acids is 1. The SMILES string of the molecule is CCc1ccc(C(C)C(=O)NC(CC(=O)O)C2CC2)cc1. The minimum Gasteiger partial charge on any atom is -0.481 e. The molecular weight excluding hydrogens is 266 g/mol. The first-order valence-corrected chi connectivity index (χ1v) is 7.62. The summed E-state index contributed by atoms with van der Waals surface area (Å²) in [7, 11) is 0. The molecule has 0 heterocycles. The van der Waals surface area contributed by atoms with Gasteiger partial charge in [0.15, 0.2) is 0 Å². The number of benzene rings is 1. The Morgan fingerprint density at radius 3 is 2.38 bits per heavy atom. The largest absolute Gasteiger partial charge is 0.481 e. The molecule has 114 valence electrons. The van der Waals surface area contributed by atoms with E-state index in [2.05, 4.69) is 12.2 Å². The highest BCUT2D eigenvalue weighted by Crippen LogP contribution is 2.34. The number of carboxylic acid groups (broad SMARTS) is 1. The van der Waals surface area contributed by atoms with Gasteiger partial charge >= 0.3 is 5.97 Å². The maximum atomic E-state index is 12.3. The van der Waals surface area contributed by atoms with Crippen molar-refractivity contribution in [1.29, 1.82) is 0 Å². The molecule has 2 N–H and O–H groups in total. The van der Waals surface area contributed by atoms with Crippen molar-refractivity contribution in [3.63, 3.8) is 0 Å². The number of carboxylic acids is 1. The van der Waals surface area contributed by atoms with Crippen LogP contribution in [0.15, 0.2) is 24.3 Å². The van der Waals surface area contributed by atoms with Crippen molar-refractivity contribution in [1.82, 2.24) is 5.32 Å². The highest BCUT2D eigenvalue weighted by Gasteiger charge is 2.34. The van der Waals surface area contributed by atoms with Crippen LogP contribution in [-0.2, 0) is 16.0 Å². The van der Waals surface area contributed by atoms with Crippen molar-refractivity contribution in [2.24, 2.45) is 5.92 Å². The monoisotopic (exact) mass is 289 g/mol. The van der Waals surface area contributed by atoms with Gasteiger partial charge in [-0.25, -0.2) is 0 Å². The zero-order valence-electron chi connectivity index (χ0n) is 12.6. The molecule has 2 atom stereocenters. The Bertz CT molecular complexity index is 505. The molecule has 1 saturated carbocycles. The van der Waals surface area contributed by atoms with Gasteiger partial charge in [0, 0.05) is 6.04 Å². The van der Waals surface area contributed by atoms with Crippen molar-refractivity contribution in [2.75, 3.05) is 0 Å². The average Bonchev–Trinajstić information content (AvgIpc) is 3.30. The first-order valence-electron chi connectivity index (χ1n) is 7.62. The van der Waals surface area contributed by atoms with E-state index in [0.29, 0.717) is 5.92 Å². The molecule has 0 bridgehead atoms. The Morgan fingerprint density at radius 2 is 1.90 bits per heavy atom. The first kappa shape index (κ1) is 15.5. The molecule has 2 unspecified atom stereocenters. The van der Waals surface area contributed by atoms with Gasteiger partial charge in [-0.1, -0.05) is 31.2 Å². The topological polar surface area (TPSA) is 66.4 Å². The molecule has 0 aliphatic heterocycles. The normalized spacial score (nSPS) is 17.0. The van der Waals surface area contributed by atoms with Gasteiger partial charge in [0.25, 0.3) is 0 Å². The van der Waals surface area contributed by atoms with Crippen molar-refractivity contribution in [2.45, 2.75) is 51.5 Å². The molecule has 1 fully saturated rings. The lowest BCUT2D eigenvalue weighted by molar-refractivity contribution is -0.138. The van der Waals surface area contributed by atoms with Gasteiger partial charge in [-0.15, -0.1) is 0 Å². The summed E-state index contributed by atoms with van der Waals surface area (Å²) in [5.74, 6) is -0.866. The van der Waals surface area contributed by atoms with Gasteiger partial charge in [-0.05, 0) is 43.2 Å². The average molecular weight is 289 g/mol. The third-order valence-electron chi connectivity index (χ3n) is 4.19. The third kappa shape index (κ3) is 4.31. The summed E-state index contributed by atoms with van der Waals surface area (Å²) in [5.41, 5.74) is 2.21. The number of hydrogen-bond donors (Lipinski definition) is 2. The molecule has 2 rings (SSSR count). The van der Waals surface area contributed by atoms with E-state index < -0.39 is 5.97 Å². The van der Waals surface area contributed by atoms with Gasteiger partial charge < -0.3 is 10.4 Å². The second kappa shape index (κ2) is 6.74. The summed E-state index contributed by atoms with van der Waals surface area (Å²) in [6, 6.07) is 7.80. The number of rotatable bonds is 7. The molecule has 1 aromatic rings. The number of amides is 1. The van der Waals surface area contributed by atoms with Crippen LogP contribution in [0.25, 0.3) is 0 Å². The number of nitrogens with one attached hydrogen (secondary N) is 1. The summed E-state index contributed by atoms with van der Waals surface area (Å²) >= 11 is 0. The van der Waals surface area contributed by atoms with Gasteiger partial charge in [0.2, 0.25) is 5.91 Å². The van der Waals surface area contributed by atoms with Crippen molar-refractivity contribution < 1.29 is 14.7 Å². The predicted molar refractivity (Wildman–Crippen MR) is 81.1 cm³/mol. The second-order valence-corrected chi connectivity index (χ2v) is 5.87. The fraction of sp³-hybridized carbons (Fsp3) is 0.529. The van der Waals surface area contributed by atoms with E-state index in [1.807, 2.05) is 31.2 Å². The van der Waals surface area contributed by atoms with Crippen LogP contribution in [0, 0.1) is 5.92 Å². The summed E-state index contributed by atoms with van der Waals surface area (Å²) in [6.45, 7) is 3.96. The number of hydrogen-bond acceptors (Lipinski definition) is 2. The predicted octanol–water partition coefficient (Wildman–Crippen LogP) is 2.72. The Labute approximate surface area is 125 Å². The molecule has 1 aliphatic carbocycles. The molecule has 1 aromatic carbocycles. The van der Waals surface area contributed by atoms with Crippen LogP contribution in [0.5, 0.6) is 0 Å². The summed E-state index contributed by atoms with van der Waals surface area (Å²) in [4.78, 5) is 23.2. The molecule has 21 heavy (non-hydrogen) atoms. The Morgan fingerprint density at radius 1 is 1.29 bits per heavy atom. The lowest BCUT2D eigenvalue weighted by Crippen LogP contribution is -2.40. The van der Waals surface area contributed by atoms with Crippen LogP contribution in [0.4, 0.5) is 0 Å². The van der Waals surface area contributed by atoms with E-state index in [1.165, 1.54) is 5.56 Å². The van der Waals surface area contributed by atoms with Crippen LogP contribution < -0.4 is 5.32 Å². The molecule has 0 radical (unpaired) electrons. The first-order chi connectivity index (χ1) is 10.0. The van der Waals surface area contributed by atoms with Crippen LogP contribution in [0.2, 0.25) is 0 Å². The van der Waals surface area contributed by atoms with E-state index in [1.54, 1.807) is 0 Å². The minimum atomic E-state index is -0.854.